The van der Waals surface area contributed by atoms with E-state index in [4.69, 9.17) is 22.1 Å². The lowest BCUT2D eigenvalue weighted by Crippen LogP contribution is -2.45. The number of nitrogens with two attached hydrogens (primary N) is 1. The number of nitrogens with one attached hydrogen (secondary N) is 1. The zero-order chi connectivity index (χ0) is 19.4. The predicted octanol–water partition coefficient (Wildman–Crippen LogP) is 3.33. The number of amides is 2. The van der Waals surface area contributed by atoms with Crippen LogP contribution in [0, 0.1) is 0 Å². The molecule has 0 bridgehead atoms. The van der Waals surface area contributed by atoms with Crippen molar-refractivity contribution in [2.45, 2.75) is 12.5 Å². The molecule has 0 saturated heterocycles. The van der Waals surface area contributed by atoms with Crippen molar-refractivity contribution < 1.29 is 14.3 Å². The maximum absolute atomic E-state index is 12.6. The first-order chi connectivity index (χ1) is 13.0. The summed E-state index contributed by atoms with van der Waals surface area (Å²) in [7, 11) is 1.52. The quantitative estimate of drug-likeness (QED) is 0.686. The Labute approximate surface area is 162 Å². The lowest BCUT2D eigenvalue weighted by molar-refractivity contribution is -0.119. The average molecular weight is 383 g/mol. The molecule has 3 rings (SSSR count). The maximum atomic E-state index is 12.6. The highest BCUT2D eigenvalue weighted by Gasteiger charge is 2.20. The maximum Gasteiger partial charge on any atom is 0.251 e. The third kappa shape index (κ3) is 4.38. The number of ether oxygens (including phenoxy) is 1. The van der Waals surface area contributed by atoms with E-state index in [1.54, 1.807) is 30.3 Å². The van der Waals surface area contributed by atoms with Gasteiger partial charge in [0.1, 0.15) is 11.8 Å². The van der Waals surface area contributed by atoms with Crippen molar-refractivity contribution in [2.24, 2.45) is 5.73 Å². The Morgan fingerprint density at radius 3 is 2.48 bits per heavy atom. The minimum atomic E-state index is -0.853. The van der Waals surface area contributed by atoms with Crippen LogP contribution in [-0.2, 0) is 11.2 Å². The molecule has 0 heterocycles. The highest BCUT2D eigenvalue weighted by Crippen LogP contribution is 2.25. The van der Waals surface area contributed by atoms with Crippen LogP contribution >= 0.6 is 11.6 Å². The molecule has 0 spiro atoms. The van der Waals surface area contributed by atoms with Gasteiger partial charge in [-0.15, -0.1) is 0 Å². The standard InChI is InChI=1S/C21H19ClN2O3/c1-27-19-9-6-13(10-17(19)22)11-18(20(23)25)24-21(26)16-8-7-14-4-2-3-5-15(14)12-16/h2-10,12,18H,11H2,1H3,(H2,23,25)(H,24,26)/t18-/m1/s1. The molecule has 0 fully saturated rings. The van der Waals surface area contributed by atoms with Crippen LogP contribution in [0.3, 0.4) is 0 Å². The second-order valence-corrected chi connectivity index (χ2v) is 6.57. The van der Waals surface area contributed by atoms with Gasteiger partial charge in [-0.25, -0.2) is 0 Å². The molecular weight excluding hydrogens is 364 g/mol. The molecule has 6 heteroatoms. The fourth-order valence-corrected chi connectivity index (χ4v) is 3.15. The summed E-state index contributed by atoms with van der Waals surface area (Å²) in [6.07, 6.45) is 0.234. The van der Waals surface area contributed by atoms with Crippen molar-refractivity contribution in [3.05, 3.63) is 76.8 Å². The summed E-state index contributed by atoms with van der Waals surface area (Å²) in [6.45, 7) is 0. The first-order valence-corrected chi connectivity index (χ1v) is 8.77. The molecule has 3 aromatic rings. The van der Waals surface area contributed by atoms with Crippen LogP contribution < -0.4 is 15.8 Å². The molecule has 3 N–H and O–H groups in total. The monoisotopic (exact) mass is 382 g/mol. The zero-order valence-electron chi connectivity index (χ0n) is 14.7. The van der Waals surface area contributed by atoms with E-state index in [0.29, 0.717) is 16.3 Å². The van der Waals surface area contributed by atoms with Gasteiger partial charge >= 0.3 is 0 Å². The third-order valence-corrected chi connectivity index (χ3v) is 4.61. The van der Waals surface area contributed by atoms with E-state index in [1.807, 2.05) is 30.3 Å². The van der Waals surface area contributed by atoms with Gasteiger partial charge in [-0.2, -0.15) is 0 Å². The van der Waals surface area contributed by atoms with E-state index in [-0.39, 0.29) is 12.3 Å². The van der Waals surface area contributed by atoms with Crippen LogP contribution in [0.5, 0.6) is 5.75 Å². The number of hydrogen-bond acceptors (Lipinski definition) is 3. The van der Waals surface area contributed by atoms with Gasteiger partial charge in [0.05, 0.1) is 12.1 Å². The number of hydrogen-bond donors (Lipinski definition) is 2. The highest BCUT2D eigenvalue weighted by molar-refractivity contribution is 6.32. The van der Waals surface area contributed by atoms with Crippen LogP contribution in [0.2, 0.25) is 5.02 Å². The Balaban J connectivity index is 1.77. The molecule has 1 atom stereocenters. The zero-order valence-corrected chi connectivity index (χ0v) is 15.5. The molecule has 0 aliphatic carbocycles. The number of carbonyl (C=O) groups excluding carboxylic acids is 2. The summed E-state index contributed by atoms with van der Waals surface area (Å²) in [5.41, 5.74) is 6.72. The van der Waals surface area contributed by atoms with Crippen LogP contribution in [0.1, 0.15) is 15.9 Å². The lowest BCUT2D eigenvalue weighted by atomic mass is 10.0. The van der Waals surface area contributed by atoms with Crippen molar-refractivity contribution in [1.29, 1.82) is 0 Å². The van der Waals surface area contributed by atoms with Gasteiger partial charge < -0.3 is 15.8 Å². The SMILES string of the molecule is COc1ccc(C[C@@H](NC(=O)c2ccc3ccccc3c2)C(N)=O)cc1Cl. The van der Waals surface area contributed by atoms with Crippen LogP contribution in [0.15, 0.2) is 60.7 Å². The Kier molecular flexibility index (Phi) is 5.62. The molecule has 138 valence electrons. The van der Waals surface area contributed by atoms with Crippen molar-refractivity contribution in [2.75, 3.05) is 7.11 Å². The summed E-state index contributed by atoms with van der Waals surface area (Å²) < 4.78 is 5.12. The molecule has 0 aromatic heterocycles. The van der Waals surface area contributed by atoms with Gasteiger partial charge in [-0.05, 0) is 40.6 Å². The number of fused-ring (bicyclic) bond motifs is 1. The van der Waals surface area contributed by atoms with E-state index in [2.05, 4.69) is 5.32 Å². The largest absolute Gasteiger partial charge is 0.495 e. The van der Waals surface area contributed by atoms with E-state index in [9.17, 15) is 9.59 Å². The first kappa shape index (κ1) is 18.7. The lowest BCUT2D eigenvalue weighted by Gasteiger charge is -2.16. The molecule has 0 radical (unpaired) electrons. The highest BCUT2D eigenvalue weighted by atomic mass is 35.5. The molecule has 3 aromatic carbocycles. The minimum absolute atomic E-state index is 0.234. The fourth-order valence-electron chi connectivity index (χ4n) is 2.87. The molecule has 0 aliphatic rings. The second kappa shape index (κ2) is 8.10. The van der Waals surface area contributed by atoms with Crippen LogP contribution in [-0.4, -0.2) is 25.0 Å². The van der Waals surface area contributed by atoms with E-state index < -0.39 is 11.9 Å². The van der Waals surface area contributed by atoms with Crippen molar-refractivity contribution in [3.8, 4) is 5.75 Å². The van der Waals surface area contributed by atoms with Crippen molar-refractivity contribution >= 4 is 34.2 Å². The smallest absolute Gasteiger partial charge is 0.251 e. The summed E-state index contributed by atoms with van der Waals surface area (Å²) in [6, 6.07) is 17.4. The molecule has 0 saturated carbocycles. The van der Waals surface area contributed by atoms with Gasteiger partial charge in [-0.3, -0.25) is 9.59 Å². The number of benzene rings is 3. The predicted molar refractivity (Wildman–Crippen MR) is 106 cm³/mol. The van der Waals surface area contributed by atoms with Gasteiger partial charge in [0.25, 0.3) is 5.91 Å². The summed E-state index contributed by atoms with van der Waals surface area (Å²) in [5.74, 6) is -0.434. The fraction of sp³-hybridized carbons (Fsp3) is 0.143. The normalized spacial score (nSPS) is 11.8. The summed E-state index contributed by atoms with van der Waals surface area (Å²) in [5, 5.41) is 5.12. The number of carbonyl (C=O) groups is 2. The van der Waals surface area contributed by atoms with Gasteiger partial charge in [0.15, 0.2) is 0 Å². The third-order valence-electron chi connectivity index (χ3n) is 4.32. The van der Waals surface area contributed by atoms with Gasteiger partial charge in [0, 0.05) is 12.0 Å². The second-order valence-electron chi connectivity index (χ2n) is 6.16. The molecule has 5 nitrogen and oxygen atoms in total. The van der Waals surface area contributed by atoms with Crippen LogP contribution in [0.25, 0.3) is 10.8 Å². The number of methoxy groups -OCH3 is 1. The molecule has 0 unspecified atom stereocenters. The first-order valence-electron chi connectivity index (χ1n) is 8.39. The Hall–Kier alpha value is -3.05. The molecule has 27 heavy (non-hydrogen) atoms. The Morgan fingerprint density at radius 1 is 1.07 bits per heavy atom. The molecule has 2 amide bonds. The molecular formula is C21H19ClN2O3. The van der Waals surface area contributed by atoms with E-state index >= 15 is 0 Å². The average Bonchev–Trinajstić information content (AvgIpc) is 2.67. The summed E-state index contributed by atoms with van der Waals surface area (Å²) in [4.78, 5) is 24.4. The van der Waals surface area contributed by atoms with Gasteiger partial charge in [-0.1, -0.05) is 48.0 Å². The van der Waals surface area contributed by atoms with Crippen molar-refractivity contribution in [1.82, 2.24) is 5.32 Å². The number of halogens is 1. The molecule has 0 aliphatic heterocycles. The summed E-state index contributed by atoms with van der Waals surface area (Å²) >= 11 is 6.12. The van der Waals surface area contributed by atoms with Crippen molar-refractivity contribution in [3.63, 3.8) is 0 Å². The Morgan fingerprint density at radius 2 is 1.81 bits per heavy atom. The van der Waals surface area contributed by atoms with E-state index in [1.165, 1.54) is 7.11 Å². The van der Waals surface area contributed by atoms with Gasteiger partial charge in [0.2, 0.25) is 5.91 Å². The minimum Gasteiger partial charge on any atom is -0.495 e. The Bertz CT molecular complexity index is 1000. The van der Waals surface area contributed by atoms with Crippen LogP contribution in [0.4, 0.5) is 0 Å². The van der Waals surface area contributed by atoms with E-state index in [0.717, 1.165) is 16.3 Å². The topological polar surface area (TPSA) is 81.4 Å². The number of primary amides is 1. The number of rotatable bonds is 6.